The van der Waals surface area contributed by atoms with E-state index in [-0.39, 0.29) is 19.1 Å². The van der Waals surface area contributed by atoms with Gasteiger partial charge in [0.2, 0.25) is 5.91 Å². The number of nitrogens with one attached hydrogen (secondary N) is 1. The van der Waals surface area contributed by atoms with E-state index < -0.39 is 20.0 Å². The van der Waals surface area contributed by atoms with E-state index in [2.05, 4.69) is 19.2 Å². The lowest BCUT2D eigenvalue weighted by Gasteiger charge is -2.25. The molecule has 256 valence electrons. The zero-order valence-electron chi connectivity index (χ0n) is 28.7. The predicted octanol–water partition coefficient (Wildman–Crippen LogP) is 8.46. The molecule has 0 aromatic heterocycles. The van der Waals surface area contributed by atoms with Crippen LogP contribution in [0.15, 0.2) is 12.2 Å². The fraction of sp³-hybridized carbons (Fsp3) is 0.912. The molecule has 0 saturated heterocycles. The van der Waals surface area contributed by atoms with E-state index in [1.54, 1.807) is 6.08 Å². The van der Waals surface area contributed by atoms with Gasteiger partial charge >= 0.3 is 7.82 Å². The highest BCUT2D eigenvalue weighted by Gasteiger charge is 2.27. The number of hydrogen-bond donors (Lipinski definition) is 3. The Morgan fingerprint density at radius 1 is 0.767 bits per heavy atom. The van der Waals surface area contributed by atoms with Crippen LogP contribution < -0.4 is 5.32 Å². The minimum Gasteiger partial charge on any atom is -0.387 e. The van der Waals surface area contributed by atoms with Gasteiger partial charge in [0, 0.05) is 6.42 Å². The summed E-state index contributed by atoms with van der Waals surface area (Å²) >= 11 is 0. The zero-order valence-corrected chi connectivity index (χ0v) is 29.6. The maximum absolute atomic E-state index is 12.7. The molecule has 0 radical (unpaired) electrons. The molecule has 3 atom stereocenters. The molecule has 1 amide bonds. The lowest BCUT2D eigenvalue weighted by molar-refractivity contribution is -0.870. The van der Waals surface area contributed by atoms with Gasteiger partial charge in [0.1, 0.15) is 13.2 Å². The molecule has 43 heavy (non-hydrogen) atoms. The van der Waals surface area contributed by atoms with E-state index in [0.717, 1.165) is 38.5 Å². The van der Waals surface area contributed by atoms with Gasteiger partial charge in [0.25, 0.3) is 0 Å². The van der Waals surface area contributed by atoms with Crippen molar-refractivity contribution < 1.29 is 32.9 Å². The van der Waals surface area contributed by atoms with Gasteiger partial charge in [-0.3, -0.25) is 13.8 Å². The van der Waals surface area contributed by atoms with E-state index in [1.165, 1.54) is 89.9 Å². The average Bonchev–Trinajstić information content (AvgIpc) is 2.94. The van der Waals surface area contributed by atoms with Crippen molar-refractivity contribution >= 4 is 13.7 Å². The average molecular weight is 634 g/mol. The van der Waals surface area contributed by atoms with Gasteiger partial charge in [-0.1, -0.05) is 135 Å². The molecule has 0 heterocycles. The van der Waals surface area contributed by atoms with Crippen LogP contribution >= 0.6 is 7.82 Å². The molecule has 3 N–H and O–H groups in total. The fourth-order valence-electron chi connectivity index (χ4n) is 4.86. The van der Waals surface area contributed by atoms with Gasteiger partial charge < -0.3 is 19.8 Å². The number of phosphoric acid groups is 1. The van der Waals surface area contributed by atoms with Crippen molar-refractivity contribution in [3.63, 3.8) is 0 Å². The molecule has 0 aliphatic carbocycles. The highest BCUT2D eigenvalue weighted by atomic mass is 31.2. The van der Waals surface area contributed by atoms with Crippen molar-refractivity contribution in [2.75, 3.05) is 40.9 Å². The molecule has 0 aromatic rings. The molecular weight excluding hydrogens is 563 g/mol. The Hall–Kier alpha value is -0.760. The summed E-state index contributed by atoms with van der Waals surface area (Å²) in [5, 5.41) is 13.7. The number of unbranched alkanes of at least 4 members (excludes halogenated alkanes) is 18. The van der Waals surface area contributed by atoms with Crippen LogP contribution in [0.4, 0.5) is 0 Å². The Balaban J connectivity index is 4.58. The van der Waals surface area contributed by atoms with Crippen LogP contribution in [-0.4, -0.2) is 73.4 Å². The number of quaternary nitrogens is 1. The third kappa shape index (κ3) is 29.7. The maximum atomic E-state index is 12.7. The summed E-state index contributed by atoms with van der Waals surface area (Å²) in [5.41, 5.74) is 0. The molecule has 0 fully saturated rings. The summed E-state index contributed by atoms with van der Waals surface area (Å²) in [7, 11) is 1.57. The van der Waals surface area contributed by atoms with Crippen LogP contribution in [0.3, 0.4) is 0 Å². The number of amides is 1. The summed E-state index contributed by atoms with van der Waals surface area (Å²) in [6.07, 6.45) is 27.0. The predicted molar refractivity (Wildman–Crippen MR) is 180 cm³/mol. The Morgan fingerprint density at radius 2 is 1.23 bits per heavy atom. The summed E-state index contributed by atoms with van der Waals surface area (Å²) < 4.78 is 23.3. The Labute approximate surface area is 265 Å². The van der Waals surface area contributed by atoms with Gasteiger partial charge in [-0.25, -0.2) is 4.57 Å². The third-order valence-corrected chi connectivity index (χ3v) is 8.74. The maximum Gasteiger partial charge on any atom is 0.472 e. The summed E-state index contributed by atoms with van der Waals surface area (Å²) in [6.45, 7) is 4.75. The molecule has 0 aliphatic rings. The van der Waals surface area contributed by atoms with Crippen LogP contribution in [0.2, 0.25) is 0 Å². The topological polar surface area (TPSA) is 105 Å². The second-order valence-electron chi connectivity index (χ2n) is 13.3. The van der Waals surface area contributed by atoms with Gasteiger partial charge in [0.15, 0.2) is 0 Å². The van der Waals surface area contributed by atoms with Crippen molar-refractivity contribution in [1.82, 2.24) is 5.32 Å². The number of likely N-dealkylation sites (N-methyl/N-ethyl adjacent to an activating group) is 1. The molecule has 9 heteroatoms. The van der Waals surface area contributed by atoms with E-state index >= 15 is 0 Å². The molecule has 0 spiro atoms. The molecule has 0 aliphatic heterocycles. The number of aliphatic hydroxyl groups is 1. The van der Waals surface area contributed by atoms with Gasteiger partial charge in [0.05, 0.1) is 39.9 Å². The standard InChI is InChI=1S/C34H69N2O6P/c1-6-8-10-12-14-16-17-18-19-20-21-23-25-27-33(37)32(31-42-43(39,40)41-30-29-36(3,4)5)35-34(38)28-26-24-22-15-13-11-9-7-2/h25,27,32-33,37H,6-24,26,28-31H2,1-5H3,(H-,35,38,39,40)/p+1/b27-25-/t32-,33+/m0/s1. The molecule has 8 nitrogen and oxygen atoms in total. The van der Waals surface area contributed by atoms with E-state index in [4.69, 9.17) is 9.05 Å². The van der Waals surface area contributed by atoms with Crippen LogP contribution in [0.5, 0.6) is 0 Å². The summed E-state index contributed by atoms with van der Waals surface area (Å²) in [6, 6.07) is -0.836. The van der Waals surface area contributed by atoms with Crippen molar-refractivity contribution in [3.8, 4) is 0 Å². The van der Waals surface area contributed by atoms with E-state index in [9.17, 15) is 19.4 Å². The molecule has 1 unspecified atom stereocenters. The first-order chi connectivity index (χ1) is 20.5. The molecule has 0 aromatic carbocycles. The lowest BCUT2D eigenvalue weighted by atomic mass is 10.0. The van der Waals surface area contributed by atoms with Gasteiger partial charge in [-0.2, -0.15) is 0 Å². The van der Waals surface area contributed by atoms with Crippen molar-refractivity contribution in [1.29, 1.82) is 0 Å². The first kappa shape index (κ1) is 42.2. The van der Waals surface area contributed by atoms with Crippen LogP contribution in [-0.2, 0) is 18.4 Å². The number of hydrogen-bond acceptors (Lipinski definition) is 5. The summed E-state index contributed by atoms with van der Waals surface area (Å²) in [5.74, 6) is -0.184. The van der Waals surface area contributed by atoms with Crippen LogP contribution in [0.1, 0.15) is 149 Å². The smallest absolute Gasteiger partial charge is 0.387 e. The Kier molecular flexibility index (Phi) is 27.1. The molecular formula is C34H70N2O6P+. The van der Waals surface area contributed by atoms with Crippen LogP contribution in [0.25, 0.3) is 0 Å². The monoisotopic (exact) mass is 633 g/mol. The summed E-state index contributed by atoms with van der Waals surface area (Å²) in [4.78, 5) is 22.8. The van der Waals surface area contributed by atoms with Crippen molar-refractivity contribution in [2.24, 2.45) is 0 Å². The number of phosphoric ester groups is 1. The Morgan fingerprint density at radius 3 is 1.72 bits per heavy atom. The normalized spacial score (nSPS) is 15.0. The fourth-order valence-corrected chi connectivity index (χ4v) is 5.60. The minimum atomic E-state index is -4.31. The number of nitrogens with zero attached hydrogens (tertiary/aromatic N) is 1. The van der Waals surface area contributed by atoms with E-state index in [1.807, 2.05) is 27.2 Å². The first-order valence-electron chi connectivity index (χ1n) is 17.6. The molecule has 0 saturated carbocycles. The van der Waals surface area contributed by atoms with Crippen molar-refractivity contribution in [3.05, 3.63) is 12.2 Å². The lowest BCUT2D eigenvalue weighted by Crippen LogP contribution is -2.45. The van der Waals surface area contributed by atoms with Gasteiger partial charge in [-0.05, 0) is 19.3 Å². The molecule has 0 bridgehead atoms. The van der Waals surface area contributed by atoms with Crippen LogP contribution in [0, 0.1) is 0 Å². The van der Waals surface area contributed by atoms with Gasteiger partial charge in [-0.15, -0.1) is 0 Å². The molecule has 0 rings (SSSR count). The first-order valence-corrected chi connectivity index (χ1v) is 19.1. The number of carbonyl (C=O) groups is 1. The van der Waals surface area contributed by atoms with E-state index in [0.29, 0.717) is 17.4 Å². The largest absolute Gasteiger partial charge is 0.472 e. The SMILES string of the molecule is CCCCCCCCCCCCC/C=C\[C@@H](O)[C@H](COP(=O)(O)OCC[N+](C)(C)C)NC(=O)CCCCCCCCCC. The minimum absolute atomic E-state index is 0.0637. The number of rotatable bonds is 31. The van der Waals surface area contributed by atoms with Crippen molar-refractivity contribution in [2.45, 2.75) is 161 Å². The zero-order chi connectivity index (χ0) is 32.2. The quantitative estimate of drug-likeness (QED) is 0.0306. The number of aliphatic hydroxyl groups excluding tert-OH is 1. The Bertz CT molecular complexity index is 728. The highest BCUT2D eigenvalue weighted by molar-refractivity contribution is 7.47. The second kappa shape index (κ2) is 27.5. The third-order valence-electron chi connectivity index (χ3n) is 7.76. The highest BCUT2D eigenvalue weighted by Crippen LogP contribution is 2.43. The number of allylic oxidation sites excluding steroid dienone is 1. The number of carbonyl (C=O) groups excluding carboxylic acids is 1. The second-order valence-corrected chi connectivity index (χ2v) is 14.7.